The summed E-state index contributed by atoms with van der Waals surface area (Å²) in [7, 11) is 0. The second-order valence-corrected chi connectivity index (χ2v) is 6.43. The molecule has 1 saturated carbocycles. The van der Waals surface area contributed by atoms with E-state index >= 15 is 0 Å². The van der Waals surface area contributed by atoms with Gasteiger partial charge in [0.1, 0.15) is 5.82 Å². The average Bonchev–Trinajstić information content (AvgIpc) is 2.37. The Labute approximate surface area is 116 Å². The number of amides is 1. The maximum atomic E-state index is 13.4. The molecule has 0 heterocycles. The Kier molecular flexibility index (Phi) is 4.16. The highest BCUT2D eigenvalue weighted by atomic mass is 32.2. The quantitative estimate of drug-likeness (QED) is 0.833. The van der Waals surface area contributed by atoms with E-state index < -0.39 is 0 Å². The summed E-state index contributed by atoms with van der Waals surface area (Å²) >= 11 is 1.18. The van der Waals surface area contributed by atoms with Crippen molar-refractivity contribution in [3.05, 3.63) is 30.1 Å². The molecule has 1 amide bonds. The predicted molar refractivity (Wildman–Crippen MR) is 73.5 cm³/mol. The second-order valence-electron chi connectivity index (χ2n) is 5.41. The molecule has 5 heteroatoms. The van der Waals surface area contributed by atoms with Crippen LogP contribution in [0.1, 0.15) is 20.3 Å². The normalized spacial score (nSPS) is 24.6. The second kappa shape index (κ2) is 5.51. The predicted octanol–water partition coefficient (Wildman–Crippen LogP) is 2.19. The number of benzene rings is 1. The highest BCUT2D eigenvalue weighted by Crippen LogP contribution is 2.40. The Bertz CT molecular complexity index is 478. The van der Waals surface area contributed by atoms with E-state index in [-0.39, 0.29) is 35.0 Å². The minimum atomic E-state index is -0.364. The SMILES string of the molecule is CC1(C)C(O)CC1NC(=O)CSc1ccccc1F. The smallest absolute Gasteiger partial charge is 0.230 e. The van der Waals surface area contributed by atoms with Crippen molar-refractivity contribution in [2.24, 2.45) is 5.41 Å². The molecule has 1 aromatic rings. The molecule has 1 aliphatic rings. The van der Waals surface area contributed by atoms with Crippen LogP contribution in [0.15, 0.2) is 29.2 Å². The number of carbonyl (C=O) groups is 1. The summed E-state index contributed by atoms with van der Waals surface area (Å²) in [5.41, 5.74) is -0.279. The first-order valence-corrected chi connectivity index (χ1v) is 7.24. The molecule has 1 aromatic carbocycles. The van der Waals surface area contributed by atoms with Crippen LogP contribution >= 0.6 is 11.8 Å². The minimum absolute atomic E-state index is 0.00350. The van der Waals surface area contributed by atoms with Crippen LogP contribution in [0.2, 0.25) is 0 Å². The number of aliphatic hydroxyl groups is 1. The van der Waals surface area contributed by atoms with Gasteiger partial charge in [-0.2, -0.15) is 0 Å². The van der Waals surface area contributed by atoms with Gasteiger partial charge >= 0.3 is 0 Å². The maximum absolute atomic E-state index is 13.4. The van der Waals surface area contributed by atoms with Gasteiger partial charge in [0.15, 0.2) is 0 Å². The summed E-state index contributed by atoms with van der Waals surface area (Å²) < 4.78 is 13.4. The standard InChI is InChI=1S/C14H18FNO2S/c1-14(2)11(7-12(14)17)16-13(18)8-19-10-6-4-3-5-9(10)15/h3-6,11-12,17H,7-8H2,1-2H3,(H,16,18). The number of aliphatic hydroxyl groups excluding tert-OH is 1. The largest absolute Gasteiger partial charge is 0.392 e. The van der Waals surface area contributed by atoms with Crippen LogP contribution in [0.5, 0.6) is 0 Å². The van der Waals surface area contributed by atoms with E-state index in [4.69, 9.17) is 0 Å². The first kappa shape index (κ1) is 14.3. The molecule has 0 spiro atoms. The zero-order valence-electron chi connectivity index (χ0n) is 11.0. The Balaban J connectivity index is 1.82. The molecule has 1 aliphatic carbocycles. The molecule has 2 atom stereocenters. The van der Waals surface area contributed by atoms with Crippen molar-refractivity contribution in [1.29, 1.82) is 0 Å². The van der Waals surface area contributed by atoms with E-state index in [1.165, 1.54) is 17.8 Å². The van der Waals surface area contributed by atoms with Crippen molar-refractivity contribution in [3.63, 3.8) is 0 Å². The van der Waals surface area contributed by atoms with Gasteiger partial charge in [0.25, 0.3) is 0 Å². The molecule has 0 saturated heterocycles. The number of hydrogen-bond donors (Lipinski definition) is 2. The van der Waals surface area contributed by atoms with Crippen molar-refractivity contribution in [1.82, 2.24) is 5.32 Å². The number of thioether (sulfide) groups is 1. The molecule has 0 radical (unpaired) electrons. The van der Waals surface area contributed by atoms with Crippen molar-refractivity contribution in [3.8, 4) is 0 Å². The fraction of sp³-hybridized carbons (Fsp3) is 0.500. The third kappa shape index (κ3) is 3.09. The van der Waals surface area contributed by atoms with Gasteiger partial charge in [-0.3, -0.25) is 4.79 Å². The van der Waals surface area contributed by atoms with E-state index in [1.807, 2.05) is 13.8 Å². The lowest BCUT2D eigenvalue weighted by atomic mass is 9.64. The van der Waals surface area contributed by atoms with Crippen molar-refractivity contribution in [2.45, 2.75) is 37.3 Å². The molecule has 104 valence electrons. The van der Waals surface area contributed by atoms with E-state index in [9.17, 15) is 14.3 Å². The third-order valence-electron chi connectivity index (χ3n) is 3.75. The fourth-order valence-electron chi connectivity index (χ4n) is 2.09. The van der Waals surface area contributed by atoms with E-state index in [0.717, 1.165) is 0 Å². The number of halogens is 1. The summed E-state index contributed by atoms with van der Waals surface area (Å²) in [5, 5.41) is 12.5. The Hall–Kier alpha value is -1.07. The van der Waals surface area contributed by atoms with Crippen molar-refractivity contribution in [2.75, 3.05) is 5.75 Å². The fourth-order valence-corrected chi connectivity index (χ4v) is 2.84. The van der Waals surface area contributed by atoms with Crippen LogP contribution in [-0.4, -0.2) is 28.9 Å². The summed E-state index contributed by atoms with van der Waals surface area (Å²) in [6, 6.07) is 6.40. The zero-order valence-corrected chi connectivity index (χ0v) is 11.8. The lowest BCUT2D eigenvalue weighted by molar-refractivity contribution is -0.126. The van der Waals surface area contributed by atoms with Crippen LogP contribution in [-0.2, 0) is 4.79 Å². The molecular weight excluding hydrogens is 265 g/mol. The molecule has 0 aromatic heterocycles. The molecule has 2 N–H and O–H groups in total. The summed E-state index contributed by atoms with van der Waals surface area (Å²) in [4.78, 5) is 12.3. The summed E-state index contributed by atoms with van der Waals surface area (Å²) in [6.07, 6.45) is 0.223. The van der Waals surface area contributed by atoms with Crippen LogP contribution in [0.3, 0.4) is 0 Å². The summed E-state index contributed by atoms with van der Waals surface area (Å²) in [5.74, 6) is -0.248. The van der Waals surface area contributed by atoms with Gasteiger partial charge in [-0.15, -0.1) is 11.8 Å². The first-order valence-electron chi connectivity index (χ1n) is 6.26. The van der Waals surface area contributed by atoms with Crippen LogP contribution < -0.4 is 5.32 Å². The molecule has 0 aliphatic heterocycles. The summed E-state index contributed by atoms with van der Waals surface area (Å²) in [6.45, 7) is 3.85. The molecule has 2 rings (SSSR count). The van der Waals surface area contributed by atoms with Crippen LogP contribution in [0.25, 0.3) is 0 Å². The monoisotopic (exact) mass is 283 g/mol. The Morgan fingerprint density at radius 3 is 2.79 bits per heavy atom. The Morgan fingerprint density at radius 1 is 1.53 bits per heavy atom. The number of carbonyl (C=O) groups excluding carboxylic acids is 1. The highest BCUT2D eigenvalue weighted by molar-refractivity contribution is 8.00. The van der Waals surface area contributed by atoms with Crippen LogP contribution in [0.4, 0.5) is 4.39 Å². The molecule has 0 bridgehead atoms. The molecule has 1 fully saturated rings. The van der Waals surface area contributed by atoms with Gasteiger partial charge in [0.2, 0.25) is 5.91 Å². The lowest BCUT2D eigenvalue weighted by Gasteiger charge is -2.49. The third-order valence-corrected chi connectivity index (χ3v) is 4.80. The molecular formula is C14H18FNO2S. The van der Waals surface area contributed by atoms with E-state index in [1.54, 1.807) is 18.2 Å². The molecule has 19 heavy (non-hydrogen) atoms. The lowest BCUT2D eigenvalue weighted by Crippen LogP contribution is -2.61. The zero-order chi connectivity index (χ0) is 14.0. The minimum Gasteiger partial charge on any atom is -0.392 e. The van der Waals surface area contributed by atoms with E-state index in [0.29, 0.717) is 11.3 Å². The number of hydrogen-bond acceptors (Lipinski definition) is 3. The highest BCUT2D eigenvalue weighted by Gasteiger charge is 2.47. The first-order chi connectivity index (χ1) is 8.91. The average molecular weight is 283 g/mol. The molecule has 3 nitrogen and oxygen atoms in total. The maximum Gasteiger partial charge on any atom is 0.230 e. The van der Waals surface area contributed by atoms with Gasteiger partial charge < -0.3 is 10.4 Å². The number of rotatable bonds is 4. The van der Waals surface area contributed by atoms with Crippen molar-refractivity contribution >= 4 is 17.7 Å². The van der Waals surface area contributed by atoms with Crippen LogP contribution in [0, 0.1) is 11.2 Å². The number of nitrogens with one attached hydrogen (secondary N) is 1. The molecule has 2 unspecified atom stereocenters. The Morgan fingerprint density at radius 2 is 2.21 bits per heavy atom. The van der Waals surface area contributed by atoms with Gasteiger partial charge in [0, 0.05) is 16.4 Å². The van der Waals surface area contributed by atoms with Gasteiger partial charge in [-0.1, -0.05) is 26.0 Å². The van der Waals surface area contributed by atoms with Gasteiger partial charge in [-0.25, -0.2) is 4.39 Å². The van der Waals surface area contributed by atoms with E-state index in [2.05, 4.69) is 5.32 Å². The topological polar surface area (TPSA) is 49.3 Å². The van der Waals surface area contributed by atoms with Gasteiger partial charge in [-0.05, 0) is 18.6 Å². The van der Waals surface area contributed by atoms with Crippen molar-refractivity contribution < 1.29 is 14.3 Å². The van der Waals surface area contributed by atoms with Gasteiger partial charge in [0.05, 0.1) is 11.9 Å².